The lowest BCUT2D eigenvalue weighted by molar-refractivity contribution is -0.110. The Morgan fingerprint density at radius 3 is 2.49 bits per heavy atom. The average Bonchev–Trinajstić information content (AvgIpc) is 3.29. The van der Waals surface area contributed by atoms with Gasteiger partial charge in [-0.2, -0.15) is 0 Å². The zero-order valence-electron chi connectivity index (χ0n) is 19.2. The predicted molar refractivity (Wildman–Crippen MR) is 130 cm³/mol. The van der Waals surface area contributed by atoms with Crippen LogP contribution >= 0.6 is 11.3 Å². The molecule has 0 saturated carbocycles. The van der Waals surface area contributed by atoms with Crippen LogP contribution in [0.2, 0.25) is 0 Å². The Balaban J connectivity index is 1.81. The van der Waals surface area contributed by atoms with E-state index < -0.39 is 15.7 Å². The molecule has 0 spiro atoms. The fourth-order valence-electron chi connectivity index (χ4n) is 2.85. The molecule has 0 bridgehead atoms. The van der Waals surface area contributed by atoms with E-state index in [-0.39, 0.29) is 23.0 Å². The number of oxime groups is 1. The van der Waals surface area contributed by atoms with Crippen LogP contribution in [-0.2, 0) is 42.2 Å². The number of ether oxygens (including phenoxy) is 2. The second-order valence-corrected chi connectivity index (χ2v) is 10.3. The normalized spacial score (nSPS) is 11.9. The molecule has 0 fully saturated rings. The molecule has 3 aromatic rings. The number of hydrogen-bond acceptors (Lipinski definition) is 11. The molecule has 3 rings (SSSR count). The van der Waals surface area contributed by atoms with Crippen molar-refractivity contribution < 1.29 is 27.5 Å². The number of nitrogens with one attached hydrogen (secondary N) is 1. The van der Waals surface area contributed by atoms with E-state index in [1.165, 1.54) is 42.7 Å². The van der Waals surface area contributed by atoms with Gasteiger partial charge in [-0.05, 0) is 24.6 Å². The predicted octanol–water partition coefficient (Wildman–Crippen LogP) is 2.45. The van der Waals surface area contributed by atoms with Crippen LogP contribution in [0, 0.1) is 0 Å². The molecule has 1 amide bonds. The lowest BCUT2D eigenvalue weighted by Crippen LogP contribution is -2.24. The van der Waals surface area contributed by atoms with E-state index in [1.54, 1.807) is 31.8 Å². The fraction of sp³-hybridized carbons (Fsp3) is 0.318. The highest BCUT2D eigenvalue weighted by Crippen LogP contribution is 2.20. The highest BCUT2D eigenvalue weighted by atomic mass is 32.2. The molecule has 0 aliphatic heterocycles. The van der Waals surface area contributed by atoms with Gasteiger partial charge in [-0.3, -0.25) is 10.1 Å². The number of carbonyl (C=O) groups excluding carboxylic acids is 1. The van der Waals surface area contributed by atoms with Crippen molar-refractivity contribution in [3.8, 4) is 0 Å². The van der Waals surface area contributed by atoms with Crippen LogP contribution in [0.3, 0.4) is 0 Å². The molecule has 0 unspecified atom stereocenters. The summed E-state index contributed by atoms with van der Waals surface area (Å²) < 4.78 is 35.1. The minimum Gasteiger partial charge on any atom is -0.387 e. The quantitative estimate of drug-likeness (QED) is 0.205. The molecule has 1 aromatic carbocycles. The van der Waals surface area contributed by atoms with Crippen LogP contribution in [0.1, 0.15) is 22.7 Å². The SMILES string of the molecule is COCCCS(=O)(=O)c1ccc(/C(=N\OCc2ncccn2)C(=O)Nc2ncc(COC)s2)cc1. The summed E-state index contributed by atoms with van der Waals surface area (Å²) in [5, 5.41) is 7.04. The number of hydrogen-bond donors (Lipinski definition) is 1. The molecule has 0 saturated heterocycles. The first-order valence-corrected chi connectivity index (χ1v) is 12.9. The summed E-state index contributed by atoms with van der Waals surface area (Å²) in [6.07, 6.45) is 5.11. The van der Waals surface area contributed by atoms with Gasteiger partial charge in [0.2, 0.25) is 0 Å². The molecule has 1 N–H and O–H groups in total. The first kappa shape index (κ1) is 26.3. The van der Waals surface area contributed by atoms with Crippen molar-refractivity contribution in [2.45, 2.75) is 24.5 Å². The highest BCUT2D eigenvalue weighted by Gasteiger charge is 2.20. The number of thiazole rings is 1. The third kappa shape index (κ3) is 7.89. The summed E-state index contributed by atoms with van der Waals surface area (Å²) in [6.45, 7) is 0.660. The van der Waals surface area contributed by atoms with Gasteiger partial charge in [-0.1, -0.05) is 28.6 Å². The molecule has 0 atom stereocenters. The third-order valence-corrected chi connectivity index (χ3v) is 7.20. The Morgan fingerprint density at radius 1 is 1.06 bits per heavy atom. The van der Waals surface area contributed by atoms with Gasteiger partial charge >= 0.3 is 0 Å². The van der Waals surface area contributed by atoms with E-state index in [9.17, 15) is 13.2 Å². The Hall–Kier alpha value is -3.26. The van der Waals surface area contributed by atoms with E-state index in [0.717, 1.165) is 4.88 Å². The fourth-order valence-corrected chi connectivity index (χ4v) is 4.91. The van der Waals surface area contributed by atoms with Crippen LogP contribution in [0.5, 0.6) is 0 Å². The Morgan fingerprint density at radius 2 is 1.80 bits per heavy atom. The molecule has 2 aromatic heterocycles. The zero-order valence-corrected chi connectivity index (χ0v) is 20.8. The zero-order chi connectivity index (χ0) is 25.1. The molecular formula is C22H25N5O6S2. The van der Waals surface area contributed by atoms with Gasteiger partial charge in [0.05, 0.1) is 22.1 Å². The average molecular weight is 520 g/mol. The van der Waals surface area contributed by atoms with Crippen molar-refractivity contribution >= 4 is 37.9 Å². The van der Waals surface area contributed by atoms with E-state index >= 15 is 0 Å². The van der Waals surface area contributed by atoms with E-state index in [0.29, 0.717) is 36.2 Å². The van der Waals surface area contributed by atoms with Crippen molar-refractivity contribution in [2.24, 2.45) is 5.16 Å². The first-order chi connectivity index (χ1) is 16.9. The number of amides is 1. The smallest absolute Gasteiger partial charge is 0.280 e. The maximum atomic E-state index is 13.0. The van der Waals surface area contributed by atoms with Crippen molar-refractivity contribution in [3.63, 3.8) is 0 Å². The monoisotopic (exact) mass is 519 g/mol. The summed E-state index contributed by atoms with van der Waals surface area (Å²) in [6, 6.07) is 7.54. The van der Waals surface area contributed by atoms with Gasteiger partial charge in [0.1, 0.15) is 0 Å². The van der Waals surface area contributed by atoms with Crippen molar-refractivity contribution in [3.05, 3.63) is 65.2 Å². The highest BCUT2D eigenvalue weighted by molar-refractivity contribution is 7.91. The number of sulfone groups is 1. The minimum atomic E-state index is -3.49. The number of benzene rings is 1. The molecule has 0 aliphatic rings. The van der Waals surface area contributed by atoms with E-state index in [4.69, 9.17) is 14.3 Å². The first-order valence-electron chi connectivity index (χ1n) is 10.5. The maximum absolute atomic E-state index is 13.0. The number of methoxy groups -OCH3 is 2. The molecule has 11 nitrogen and oxygen atoms in total. The van der Waals surface area contributed by atoms with E-state index in [2.05, 4.69) is 25.4 Å². The molecule has 0 radical (unpaired) electrons. The number of rotatable bonds is 13. The Bertz CT molecular complexity index is 1230. The molecule has 186 valence electrons. The standard InChI is InChI=1S/C22H25N5O6S2/c1-31-11-4-12-35(29,30)18-7-5-16(6-8-18)20(27-33-15-19-23-9-3-10-24-19)21(28)26-22-25-13-17(34-22)14-32-2/h3,5-10,13H,4,11-12,14-15H2,1-2H3,(H,25,26,28)/b27-20+. The lowest BCUT2D eigenvalue weighted by Gasteiger charge is -2.09. The van der Waals surface area contributed by atoms with Crippen LogP contribution in [-0.4, -0.2) is 61.6 Å². The van der Waals surface area contributed by atoms with Gasteiger partial charge in [0.15, 0.2) is 33.1 Å². The van der Waals surface area contributed by atoms with Crippen molar-refractivity contribution in [2.75, 3.05) is 31.9 Å². The second-order valence-electron chi connectivity index (χ2n) is 7.09. The largest absolute Gasteiger partial charge is 0.387 e. The summed E-state index contributed by atoms with van der Waals surface area (Å²) in [5.41, 5.74) is 0.300. The molecular weight excluding hydrogens is 494 g/mol. The summed E-state index contributed by atoms with van der Waals surface area (Å²) in [7, 11) is -0.403. The van der Waals surface area contributed by atoms with Gasteiger partial charge in [0.25, 0.3) is 5.91 Å². The minimum absolute atomic E-state index is 0.0460. The van der Waals surface area contributed by atoms with Gasteiger partial charge in [-0.15, -0.1) is 0 Å². The van der Waals surface area contributed by atoms with Gasteiger partial charge < -0.3 is 14.3 Å². The molecule has 2 heterocycles. The van der Waals surface area contributed by atoms with Crippen LogP contribution in [0.15, 0.2) is 59.0 Å². The van der Waals surface area contributed by atoms with Gasteiger partial charge in [-0.25, -0.2) is 23.4 Å². The number of carbonyl (C=O) groups is 1. The van der Waals surface area contributed by atoms with E-state index in [1.807, 2.05) is 0 Å². The summed E-state index contributed by atoms with van der Waals surface area (Å²) in [5.74, 6) is -0.235. The lowest BCUT2D eigenvalue weighted by atomic mass is 10.1. The van der Waals surface area contributed by atoms with Gasteiger partial charge in [0, 0.05) is 45.0 Å². The number of anilines is 1. The Kier molecular flexibility index (Phi) is 9.78. The number of nitrogens with zero attached hydrogens (tertiary/aromatic N) is 4. The number of aromatic nitrogens is 3. The van der Waals surface area contributed by atoms with Crippen molar-refractivity contribution in [1.29, 1.82) is 0 Å². The maximum Gasteiger partial charge on any atom is 0.280 e. The molecule has 13 heteroatoms. The summed E-state index contributed by atoms with van der Waals surface area (Å²) >= 11 is 1.26. The van der Waals surface area contributed by atoms with Crippen LogP contribution in [0.4, 0.5) is 5.13 Å². The molecule has 35 heavy (non-hydrogen) atoms. The topological polar surface area (TPSA) is 142 Å². The van der Waals surface area contributed by atoms with Crippen LogP contribution in [0.25, 0.3) is 0 Å². The third-order valence-electron chi connectivity index (χ3n) is 4.49. The summed E-state index contributed by atoms with van der Waals surface area (Å²) in [4.78, 5) is 31.6. The van der Waals surface area contributed by atoms with Crippen LogP contribution < -0.4 is 5.32 Å². The second kappa shape index (κ2) is 13.0. The molecule has 0 aliphatic carbocycles. The van der Waals surface area contributed by atoms with Crippen molar-refractivity contribution in [1.82, 2.24) is 15.0 Å². The Labute approximate surface area is 207 Å².